The molecule has 1 amide bonds. The Hall–Kier alpha value is -2.04. The number of hydrogen-bond acceptors (Lipinski definition) is 4. The Labute approximate surface area is 113 Å². The molecule has 5 nitrogen and oxygen atoms in total. The van der Waals surface area contributed by atoms with Gasteiger partial charge in [0.25, 0.3) is 0 Å². The van der Waals surface area contributed by atoms with Gasteiger partial charge in [-0.1, -0.05) is 49.3 Å². The van der Waals surface area contributed by atoms with E-state index >= 15 is 0 Å². The standard InChI is InChI=1S/C14H20N2O3/c1-11(2)8-13(9-15-18)16-14(17)19-10-12-6-4-3-5-7-12/h3-7,9,11,13,18H,8,10H2,1-2H3,(H,16,17). The quantitative estimate of drug-likeness (QED) is 0.471. The molecule has 0 aliphatic carbocycles. The predicted molar refractivity (Wildman–Crippen MR) is 73.3 cm³/mol. The molecule has 0 heterocycles. The predicted octanol–water partition coefficient (Wildman–Crippen LogP) is 2.79. The molecular weight excluding hydrogens is 244 g/mol. The minimum atomic E-state index is -0.519. The minimum Gasteiger partial charge on any atom is -0.445 e. The summed E-state index contributed by atoms with van der Waals surface area (Å²) in [5.41, 5.74) is 0.925. The molecule has 0 saturated heterocycles. The van der Waals surface area contributed by atoms with Gasteiger partial charge in [0.1, 0.15) is 6.61 Å². The Morgan fingerprint density at radius 1 is 1.42 bits per heavy atom. The third-order valence-corrected chi connectivity index (χ3v) is 2.49. The van der Waals surface area contributed by atoms with Crippen LogP contribution in [0.1, 0.15) is 25.8 Å². The van der Waals surface area contributed by atoms with Crippen LogP contribution in [0.25, 0.3) is 0 Å². The summed E-state index contributed by atoms with van der Waals surface area (Å²) in [4.78, 5) is 11.6. The molecule has 5 heteroatoms. The van der Waals surface area contributed by atoms with Crippen LogP contribution in [-0.2, 0) is 11.3 Å². The lowest BCUT2D eigenvalue weighted by Crippen LogP contribution is -2.37. The second-order valence-corrected chi connectivity index (χ2v) is 4.71. The number of hydrogen-bond donors (Lipinski definition) is 2. The third-order valence-electron chi connectivity index (χ3n) is 2.49. The highest BCUT2D eigenvalue weighted by Gasteiger charge is 2.13. The maximum atomic E-state index is 11.6. The van der Waals surface area contributed by atoms with E-state index in [2.05, 4.69) is 10.5 Å². The van der Waals surface area contributed by atoms with Crippen molar-refractivity contribution in [3.8, 4) is 0 Å². The second-order valence-electron chi connectivity index (χ2n) is 4.71. The summed E-state index contributed by atoms with van der Waals surface area (Å²) in [5.74, 6) is 0.373. The van der Waals surface area contributed by atoms with Gasteiger partial charge in [-0.2, -0.15) is 0 Å². The average Bonchev–Trinajstić information content (AvgIpc) is 2.37. The Morgan fingerprint density at radius 3 is 2.68 bits per heavy atom. The van der Waals surface area contributed by atoms with Crippen molar-refractivity contribution in [3.63, 3.8) is 0 Å². The Bertz CT molecular complexity index is 404. The summed E-state index contributed by atoms with van der Waals surface area (Å²) < 4.78 is 5.09. The molecule has 1 atom stereocenters. The SMILES string of the molecule is CC(C)CC(C=NO)NC(=O)OCc1ccccc1. The van der Waals surface area contributed by atoms with Crippen molar-refractivity contribution >= 4 is 12.3 Å². The van der Waals surface area contributed by atoms with Crippen molar-refractivity contribution in [2.45, 2.75) is 32.9 Å². The van der Waals surface area contributed by atoms with Gasteiger partial charge in [0, 0.05) is 0 Å². The molecule has 2 N–H and O–H groups in total. The molecule has 0 aromatic heterocycles. The first-order chi connectivity index (χ1) is 9.11. The first-order valence-corrected chi connectivity index (χ1v) is 6.26. The van der Waals surface area contributed by atoms with Crippen molar-refractivity contribution in [2.75, 3.05) is 0 Å². The van der Waals surface area contributed by atoms with Crippen LogP contribution in [0.15, 0.2) is 35.5 Å². The van der Waals surface area contributed by atoms with Crippen molar-refractivity contribution in [2.24, 2.45) is 11.1 Å². The van der Waals surface area contributed by atoms with Crippen LogP contribution in [0, 0.1) is 5.92 Å². The van der Waals surface area contributed by atoms with E-state index in [1.165, 1.54) is 6.21 Å². The molecule has 0 aliphatic rings. The number of rotatable bonds is 6. The van der Waals surface area contributed by atoms with E-state index in [4.69, 9.17) is 9.94 Å². The second kappa shape index (κ2) is 8.13. The number of benzene rings is 1. The lowest BCUT2D eigenvalue weighted by atomic mass is 10.1. The van der Waals surface area contributed by atoms with Crippen LogP contribution in [0.4, 0.5) is 4.79 Å². The lowest BCUT2D eigenvalue weighted by Gasteiger charge is -2.15. The number of amides is 1. The van der Waals surface area contributed by atoms with E-state index in [0.717, 1.165) is 5.56 Å². The molecular formula is C14H20N2O3. The molecule has 1 aromatic rings. The van der Waals surface area contributed by atoms with Crippen molar-refractivity contribution in [1.82, 2.24) is 5.32 Å². The van der Waals surface area contributed by atoms with E-state index < -0.39 is 6.09 Å². The van der Waals surface area contributed by atoms with Crippen LogP contribution in [0.5, 0.6) is 0 Å². The molecule has 0 fully saturated rings. The lowest BCUT2D eigenvalue weighted by molar-refractivity contribution is 0.137. The highest BCUT2D eigenvalue weighted by atomic mass is 16.5. The number of oxime groups is 1. The molecule has 0 saturated carbocycles. The maximum Gasteiger partial charge on any atom is 0.407 e. The molecule has 1 unspecified atom stereocenters. The topological polar surface area (TPSA) is 70.9 Å². The summed E-state index contributed by atoms with van der Waals surface area (Å²) in [6.07, 6.45) is 1.46. The maximum absolute atomic E-state index is 11.6. The van der Waals surface area contributed by atoms with Crippen molar-refractivity contribution in [3.05, 3.63) is 35.9 Å². The van der Waals surface area contributed by atoms with Gasteiger partial charge < -0.3 is 15.3 Å². The van der Waals surface area contributed by atoms with E-state index in [-0.39, 0.29) is 12.6 Å². The Kier molecular flexibility index (Phi) is 6.43. The highest BCUT2D eigenvalue weighted by Crippen LogP contribution is 2.04. The molecule has 19 heavy (non-hydrogen) atoms. The van der Waals surface area contributed by atoms with Crippen molar-refractivity contribution < 1.29 is 14.7 Å². The summed E-state index contributed by atoms with van der Waals surface area (Å²) in [5, 5.41) is 14.2. The fourth-order valence-corrected chi connectivity index (χ4v) is 1.66. The fourth-order valence-electron chi connectivity index (χ4n) is 1.66. The van der Waals surface area contributed by atoms with Gasteiger partial charge in [0.2, 0.25) is 0 Å². The molecule has 0 radical (unpaired) electrons. The molecule has 0 spiro atoms. The number of ether oxygens (including phenoxy) is 1. The van der Waals surface area contributed by atoms with Gasteiger partial charge >= 0.3 is 6.09 Å². The van der Waals surface area contributed by atoms with Crippen LogP contribution < -0.4 is 5.32 Å². The third kappa shape index (κ3) is 6.45. The number of alkyl carbamates (subject to hydrolysis) is 1. The zero-order chi connectivity index (χ0) is 14.1. The van der Waals surface area contributed by atoms with E-state index in [1.807, 2.05) is 44.2 Å². The molecule has 104 valence electrons. The molecule has 0 aliphatic heterocycles. The number of carbonyl (C=O) groups excluding carboxylic acids is 1. The summed E-state index contributed by atoms with van der Waals surface area (Å²) >= 11 is 0. The van der Waals surface area contributed by atoms with Gasteiger partial charge in [-0.25, -0.2) is 4.79 Å². The number of carbonyl (C=O) groups is 1. The first kappa shape index (κ1) is 15.0. The van der Waals surface area contributed by atoms with Gasteiger partial charge in [0.15, 0.2) is 0 Å². The molecule has 1 rings (SSSR count). The molecule has 1 aromatic carbocycles. The largest absolute Gasteiger partial charge is 0.445 e. The summed E-state index contributed by atoms with van der Waals surface area (Å²) in [6, 6.07) is 9.11. The average molecular weight is 264 g/mol. The van der Waals surface area contributed by atoms with Gasteiger partial charge in [0.05, 0.1) is 12.3 Å². The minimum absolute atomic E-state index is 0.220. The summed E-state index contributed by atoms with van der Waals surface area (Å²) in [6.45, 7) is 4.27. The normalized spacial score (nSPS) is 12.6. The van der Waals surface area contributed by atoms with Crippen LogP contribution in [0.2, 0.25) is 0 Å². The number of nitrogens with zero attached hydrogens (tertiary/aromatic N) is 1. The van der Waals surface area contributed by atoms with Crippen LogP contribution >= 0.6 is 0 Å². The van der Waals surface area contributed by atoms with Crippen LogP contribution in [0.3, 0.4) is 0 Å². The smallest absolute Gasteiger partial charge is 0.407 e. The fraction of sp³-hybridized carbons (Fsp3) is 0.429. The van der Waals surface area contributed by atoms with Crippen LogP contribution in [-0.4, -0.2) is 23.6 Å². The Morgan fingerprint density at radius 2 is 2.11 bits per heavy atom. The highest BCUT2D eigenvalue weighted by molar-refractivity contribution is 5.74. The van der Waals surface area contributed by atoms with Crippen molar-refractivity contribution in [1.29, 1.82) is 0 Å². The number of nitrogens with one attached hydrogen (secondary N) is 1. The van der Waals surface area contributed by atoms with E-state index in [9.17, 15) is 4.79 Å². The van der Waals surface area contributed by atoms with Gasteiger partial charge in [-0.15, -0.1) is 0 Å². The van der Waals surface area contributed by atoms with Gasteiger partial charge in [-0.05, 0) is 17.9 Å². The first-order valence-electron chi connectivity index (χ1n) is 6.26. The molecule has 0 bridgehead atoms. The van der Waals surface area contributed by atoms with E-state index in [0.29, 0.717) is 12.3 Å². The van der Waals surface area contributed by atoms with E-state index in [1.54, 1.807) is 0 Å². The van der Waals surface area contributed by atoms with Gasteiger partial charge in [-0.3, -0.25) is 0 Å². The Balaban J connectivity index is 2.40. The monoisotopic (exact) mass is 264 g/mol. The summed E-state index contributed by atoms with van der Waals surface area (Å²) in [7, 11) is 0. The zero-order valence-corrected chi connectivity index (χ0v) is 11.2. The zero-order valence-electron chi connectivity index (χ0n) is 11.2.